The summed E-state index contributed by atoms with van der Waals surface area (Å²) in [6.45, 7) is 2.40. The number of aryl methyl sites for hydroxylation is 1. The third-order valence-electron chi connectivity index (χ3n) is 4.82. The molecule has 0 saturated carbocycles. The maximum absolute atomic E-state index is 5.65. The molecular weight excluding hydrogens is 236 g/mol. The molecule has 0 amide bonds. The van der Waals surface area contributed by atoms with Gasteiger partial charge in [0, 0.05) is 24.1 Å². The maximum Gasteiger partial charge on any atom is 0.108 e. The zero-order chi connectivity index (χ0) is 13.1. The molecule has 3 rings (SSSR count). The van der Waals surface area contributed by atoms with E-state index in [4.69, 9.17) is 4.42 Å². The Bertz CT molecular complexity index is 401. The van der Waals surface area contributed by atoms with E-state index in [-0.39, 0.29) is 0 Å². The van der Waals surface area contributed by atoms with Gasteiger partial charge in [-0.05, 0) is 58.3 Å². The minimum Gasteiger partial charge on any atom is -0.469 e. The summed E-state index contributed by atoms with van der Waals surface area (Å²) in [4.78, 5) is 2.77. The van der Waals surface area contributed by atoms with Crippen molar-refractivity contribution < 1.29 is 4.42 Å². The van der Waals surface area contributed by atoms with E-state index in [1.807, 2.05) is 6.26 Å². The highest BCUT2D eigenvalue weighted by Crippen LogP contribution is 2.38. The van der Waals surface area contributed by atoms with Gasteiger partial charge in [-0.25, -0.2) is 0 Å². The summed E-state index contributed by atoms with van der Waals surface area (Å²) in [5.74, 6) is 1.24. The Morgan fingerprint density at radius 2 is 2.26 bits per heavy atom. The van der Waals surface area contributed by atoms with Gasteiger partial charge in [-0.2, -0.15) is 0 Å². The molecule has 1 N–H and O–H groups in total. The second-order valence-electron chi connectivity index (χ2n) is 5.99. The van der Waals surface area contributed by atoms with Gasteiger partial charge in [0.05, 0.1) is 6.26 Å². The van der Waals surface area contributed by atoms with Crippen molar-refractivity contribution in [3.8, 4) is 0 Å². The van der Waals surface area contributed by atoms with Gasteiger partial charge >= 0.3 is 0 Å². The zero-order valence-corrected chi connectivity index (χ0v) is 12.0. The number of nitrogens with zero attached hydrogens (tertiary/aromatic N) is 1. The first-order chi connectivity index (χ1) is 9.40. The van der Waals surface area contributed by atoms with Crippen molar-refractivity contribution in [1.82, 2.24) is 10.2 Å². The van der Waals surface area contributed by atoms with Gasteiger partial charge in [0.1, 0.15) is 5.76 Å². The van der Waals surface area contributed by atoms with Gasteiger partial charge in [0.25, 0.3) is 0 Å². The van der Waals surface area contributed by atoms with Crippen LogP contribution in [-0.2, 0) is 6.42 Å². The molecule has 2 heterocycles. The van der Waals surface area contributed by atoms with Crippen LogP contribution < -0.4 is 5.32 Å². The highest BCUT2D eigenvalue weighted by atomic mass is 16.3. The molecule has 3 nitrogen and oxygen atoms in total. The Balaban J connectivity index is 1.76. The number of piperidine rings is 1. The van der Waals surface area contributed by atoms with Crippen LogP contribution in [0.4, 0.5) is 0 Å². The van der Waals surface area contributed by atoms with Crippen LogP contribution in [0.15, 0.2) is 16.7 Å². The average molecular weight is 262 g/mol. The molecule has 0 spiro atoms. The normalized spacial score (nSPS) is 28.3. The molecule has 3 heteroatoms. The minimum atomic E-state index is 0.615. The highest BCUT2D eigenvalue weighted by Gasteiger charge is 2.33. The SMILES string of the molecule is CNCCC1CCCCN1C1CCCc2occc21. The van der Waals surface area contributed by atoms with E-state index in [0.29, 0.717) is 6.04 Å². The second kappa shape index (κ2) is 6.10. The van der Waals surface area contributed by atoms with Crippen LogP contribution in [0.25, 0.3) is 0 Å². The minimum absolute atomic E-state index is 0.615. The number of furan rings is 1. The molecular formula is C16H26N2O. The van der Waals surface area contributed by atoms with Crippen molar-refractivity contribution in [2.45, 2.75) is 57.0 Å². The topological polar surface area (TPSA) is 28.4 Å². The van der Waals surface area contributed by atoms with Crippen LogP contribution in [0, 0.1) is 0 Å². The van der Waals surface area contributed by atoms with Crippen molar-refractivity contribution in [3.63, 3.8) is 0 Å². The standard InChI is InChI=1S/C16H26N2O/c1-17-10-8-13-5-2-3-11-18(13)15-6-4-7-16-14(15)9-12-19-16/h9,12-13,15,17H,2-8,10-11H2,1H3. The van der Waals surface area contributed by atoms with Gasteiger partial charge in [-0.1, -0.05) is 6.42 Å². The number of likely N-dealkylation sites (tertiary alicyclic amines) is 1. The fourth-order valence-electron chi connectivity index (χ4n) is 3.86. The monoisotopic (exact) mass is 262 g/mol. The van der Waals surface area contributed by atoms with Gasteiger partial charge in [-0.3, -0.25) is 4.90 Å². The summed E-state index contributed by atoms with van der Waals surface area (Å²) in [7, 11) is 2.06. The van der Waals surface area contributed by atoms with Crippen LogP contribution in [-0.4, -0.2) is 31.1 Å². The smallest absolute Gasteiger partial charge is 0.108 e. The lowest BCUT2D eigenvalue weighted by molar-refractivity contribution is 0.0775. The molecule has 2 aliphatic rings. The largest absolute Gasteiger partial charge is 0.469 e. The summed E-state index contributed by atoms with van der Waals surface area (Å²) in [5, 5.41) is 3.31. The molecule has 1 aliphatic heterocycles. The van der Waals surface area contributed by atoms with E-state index in [2.05, 4.69) is 23.3 Å². The van der Waals surface area contributed by atoms with Gasteiger partial charge in [0.2, 0.25) is 0 Å². The third kappa shape index (κ3) is 2.72. The molecule has 0 aromatic carbocycles. The first kappa shape index (κ1) is 13.2. The summed E-state index contributed by atoms with van der Waals surface area (Å²) in [6, 6.07) is 3.58. The molecule has 106 valence electrons. The molecule has 0 bridgehead atoms. The lowest BCUT2D eigenvalue weighted by atomic mass is 9.88. The fraction of sp³-hybridized carbons (Fsp3) is 0.750. The van der Waals surface area contributed by atoms with E-state index in [0.717, 1.165) is 19.0 Å². The first-order valence-corrected chi connectivity index (χ1v) is 7.86. The van der Waals surface area contributed by atoms with Crippen LogP contribution >= 0.6 is 0 Å². The van der Waals surface area contributed by atoms with E-state index < -0.39 is 0 Å². The van der Waals surface area contributed by atoms with Crippen LogP contribution in [0.3, 0.4) is 0 Å². The van der Waals surface area contributed by atoms with Gasteiger partial charge in [-0.15, -0.1) is 0 Å². The molecule has 2 atom stereocenters. The Morgan fingerprint density at radius 3 is 3.16 bits per heavy atom. The van der Waals surface area contributed by atoms with Crippen molar-refractivity contribution >= 4 is 0 Å². The zero-order valence-electron chi connectivity index (χ0n) is 12.0. The van der Waals surface area contributed by atoms with Crippen molar-refractivity contribution in [1.29, 1.82) is 0 Å². The number of nitrogens with one attached hydrogen (secondary N) is 1. The van der Waals surface area contributed by atoms with Crippen LogP contribution in [0.5, 0.6) is 0 Å². The van der Waals surface area contributed by atoms with E-state index in [1.54, 1.807) is 0 Å². The predicted octanol–water partition coefficient (Wildman–Crippen LogP) is 3.12. The summed E-state index contributed by atoms with van der Waals surface area (Å²) in [6.07, 6.45) is 11.0. The Labute approximate surface area is 116 Å². The Morgan fingerprint density at radius 1 is 1.32 bits per heavy atom. The van der Waals surface area contributed by atoms with Crippen molar-refractivity contribution in [2.24, 2.45) is 0 Å². The quantitative estimate of drug-likeness (QED) is 0.903. The second-order valence-corrected chi connectivity index (χ2v) is 5.99. The van der Waals surface area contributed by atoms with Gasteiger partial charge in [0.15, 0.2) is 0 Å². The molecule has 0 radical (unpaired) electrons. The molecule has 1 aliphatic carbocycles. The number of hydrogen-bond acceptors (Lipinski definition) is 3. The Kier molecular flexibility index (Phi) is 4.24. The van der Waals surface area contributed by atoms with Gasteiger partial charge < -0.3 is 9.73 Å². The molecule has 1 fully saturated rings. The van der Waals surface area contributed by atoms with E-state index in [9.17, 15) is 0 Å². The predicted molar refractivity (Wildman–Crippen MR) is 77.3 cm³/mol. The van der Waals surface area contributed by atoms with Crippen molar-refractivity contribution in [3.05, 3.63) is 23.7 Å². The fourth-order valence-corrected chi connectivity index (χ4v) is 3.86. The number of fused-ring (bicyclic) bond motifs is 1. The molecule has 1 saturated heterocycles. The number of hydrogen-bond donors (Lipinski definition) is 1. The van der Waals surface area contributed by atoms with Crippen molar-refractivity contribution in [2.75, 3.05) is 20.1 Å². The molecule has 2 unspecified atom stereocenters. The highest BCUT2D eigenvalue weighted by molar-refractivity contribution is 5.24. The summed E-state index contributed by atoms with van der Waals surface area (Å²) >= 11 is 0. The van der Waals surface area contributed by atoms with E-state index >= 15 is 0 Å². The maximum atomic E-state index is 5.65. The lowest BCUT2D eigenvalue weighted by Gasteiger charge is -2.42. The third-order valence-corrected chi connectivity index (χ3v) is 4.82. The number of rotatable bonds is 4. The average Bonchev–Trinajstić information content (AvgIpc) is 2.94. The molecule has 1 aromatic rings. The summed E-state index contributed by atoms with van der Waals surface area (Å²) < 4.78 is 5.65. The van der Waals surface area contributed by atoms with E-state index in [1.165, 1.54) is 56.4 Å². The molecule has 1 aromatic heterocycles. The summed E-state index contributed by atoms with van der Waals surface area (Å²) in [5.41, 5.74) is 1.47. The van der Waals surface area contributed by atoms with Crippen LogP contribution in [0.1, 0.15) is 55.9 Å². The Hall–Kier alpha value is -0.800. The lowest BCUT2D eigenvalue weighted by Crippen LogP contribution is -2.44. The van der Waals surface area contributed by atoms with Crippen LogP contribution in [0.2, 0.25) is 0 Å². The first-order valence-electron chi connectivity index (χ1n) is 7.86. The molecule has 19 heavy (non-hydrogen) atoms.